The van der Waals surface area contributed by atoms with Crippen LogP contribution in [0.4, 0.5) is 0 Å². The molecule has 3 atom stereocenters. The topological polar surface area (TPSA) is 71.9 Å². The summed E-state index contributed by atoms with van der Waals surface area (Å²) < 4.78 is 5.71. The summed E-state index contributed by atoms with van der Waals surface area (Å²) >= 11 is 0. The summed E-state index contributed by atoms with van der Waals surface area (Å²) in [5, 5.41) is 0. The molecular formula is C43H59N3O3. The highest BCUT2D eigenvalue weighted by Crippen LogP contribution is 2.39. The minimum absolute atomic E-state index is 0.0408. The number of aromatic nitrogens is 1. The Kier molecular flexibility index (Phi) is 13.2. The van der Waals surface area contributed by atoms with Gasteiger partial charge in [0.15, 0.2) is 5.78 Å². The number of allylic oxidation sites excluding steroid dienone is 2. The number of carbonyl (C=O) groups is 2. The van der Waals surface area contributed by atoms with E-state index in [1.165, 1.54) is 48.8 Å². The number of ketones is 1. The second-order valence-electron chi connectivity index (χ2n) is 15.2. The van der Waals surface area contributed by atoms with Gasteiger partial charge < -0.3 is 9.64 Å². The summed E-state index contributed by atoms with van der Waals surface area (Å²) in [5.41, 5.74) is 9.06. The number of aryl methyl sites for hydroxylation is 3. The van der Waals surface area contributed by atoms with Crippen LogP contribution in [0.15, 0.2) is 41.5 Å². The molecule has 3 aliphatic rings. The van der Waals surface area contributed by atoms with Crippen molar-refractivity contribution < 1.29 is 14.3 Å². The van der Waals surface area contributed by atoms with Crippen molar-refractivity contribution in [2.45, 2.75) is 123 Å². The van der Waals surface area contributed by atoms with E-state index < -0.39 is 0 Å². The van der Waals surface area contributed by atoms with Crippen LogP contribution in [0.2, 0.25) is 0 Å². The van der Waals surface area contributed by atoms with E-state index in [-0.39, 0.29) is 29.6 Å². The molecule has 1 amide bonds. The van der Waals surface area contributed by atoms with Crippen LogP contribution in [0.5, 0.6) is 0 Å². The van der Waals surface area contributed by atoms with E-state index in [9.17, 15) is 9.59 Å². The normalized spacial score (nSPS) is 24.1. The second kappa shape index (κ2) is 17.5. The van der Waals surface area contributed by atoms with Crippen LogP contribution < -0.4 is 0 Å². The standard InChI is InChI=1S/C43H59N3O3/c1-29-25-33(21-24-36(29)34-22-19-32(20-23-34)13-10-11-18-42(48)46(4)5)14-12-16-38-43-35(15-8-7-9-17-40(43)47)26-39(45-38)37-27-44-28-41(49-6)31(3)30(37)2/h8,15,21,24-28,30-32,34,41H,7,9-14,16-20,22-23H2,1-6H3. The van der Waals surface area contributed by atoms with Crippen LogP contribution in [0.3, 0.4) is 0 Å². The van der Waals surface area contributed by atoms with Gasteiger partial charge in [0.1, 0.15) is 0 Å². The van der Waals surface area contributed by atoms with Gasteiger partial charge in [0.25, 0.3) is 0 Å². The van der Waals surface area contributed by atoms with Gasteiger partial charge >= 0.3 is 0 Å². The van der Waals surface area contributed by atoms with E-state index in [1.807, 2.05) is 26.5 Å². The van der Waals surface area contributed by atoms with Crippen molar-refractivity contribution in [3.8, 4) is 0 Å². The molecule has 1 aromatic heterocycles. The summed E-state index contributed by atoms with van der Waals surface area (Å²) in [7, 11) is 5.43. The number of rotatable bonds is 12. The predicted octanol–water partition coefficient (Wildman–Crippen LogP) is 9.58. The molecule has 1 saturated carbocycles. The van der Waals surface area contributed by atoms with Crippen molar-refractivity contribution in [1.82, 2.24) is 9.88 Å². The minimum atomic E-state index is -0.0408. The Morgan fingerprint density at radius 1 is 1.02 bits per heavy atom. The number of unbranched alkanes of at least 4 members (excludes halogenated alkanes) is 1. The molecule has 0 spiro atoms. The highest BCUT2D eigenvalue weighted by molar-refractivity contribution is 6.01. The maximum absolute atomic E-state index is 13.5. The zero-order valence-electron chi connectivity index (χ0n) is 31.0. The second-order valence-corrected chi connectivity index (χ2v) is 15.2. The number of carbonyl (C=O) groups excluding carboxylic acids is 2. The molecule has 0 bridgehead atoms. The Bertz CT molecular complexity index is 1550. The number of aliphatic imine (C=N–C) groups is 1. The Balaban J connectivity index is 1.23. The molecular weight excluding hydrogens is 606 g/mol. The molecule has 5 rings (SSSR count). The smallest absolute Gasteiger partial charge is 0.222 e. The highest BCUT2D eigenvalue weighted by atomic mass is 16.5. The number of ether oxygens (including phenoxy) is 1. The molecule has 6 heteroatoms. The number of amides is 1. The average molecular weight is 666 g/mol. The summed E-state index contributed by atoms with van der Waals surface area (Å²) in [6.45, 7) is 6.72. The van der Waals surface area contributed by atoms with Crippen molar-refractivity contribution >= 4 is 29.6 Å². The molecule has 0 radical (unpaired) electrons. The first-order valence-corrected chi connectivity index (χ1v) is 19.0. The zero-order valence-corrected chi connectivity index (χ0v) is 31.0. The number of benzene rings is 1. The third-order valence-electron chi connectivity index (χ3n) is 11.5. The van der Waals surface area contributed by atoms with Crippen molar-refractivity contribution in [1.29, 1.82) is 0 Å². The summed E-state index contributed by atoms with van der Waals surface area (Å²) in [6, 6.07) is 9.23. The first kappa shape index (κ1) is 36.9. The lowest BCUT2D eigenvalue weighted by atomic mass is 9.76. The molecule has 0 saturated heterocycles. The van der Waals surface area contributed by atoms with Crippen molar-refractivity contribution in [2.24, 2.45) is 22.7 Å². The Morgan fingerprint density at radius 3 is 2.55 bits per heavy atom. The molecule has 264 valence electrons. The highest BCUT2D eigenvalue weighted by Gasteiger charge is 2.29. The van der Waals surface area contributed by atoms with Crippen LogP contribution in [0, 0.1) is 24.7 Å². The number of pyridine rings is 1. The number of nitrogens with zero attached hydrogens (tertiary/aromatic N) is 3. The minimum Gasteiger partial charge on any atom is -0.375 e. The van der Waals surface area contributed by atoms with Crippen LogP contribution in [0.25, 0.3) is 11.6 Å². The number of hydrogen-bond donors (Lipinski definition) is 0. The molecule has 49 heavy (non-hydrogen) atoms. The third kappa shape index (κ3) is 9.45. The van der Waals surface area contributed by atoms with E-state index in [1.54, 1.807) is 12.0 Å². The molecule has 6 nitrogen and oxygen atoms in total. The first-order valence-electron chi connectivity index (χ1n) is 19.0. The van der Waals surface area contributed by atoms with Crippen molar-refractivity contribution in [3.63, 3.8) is 0 Å². The fraction of sp³-hybridized carbons (Fsp3) is 0.581. The van der Waals surface area contributed by atoms with Crippen molar-refractivity contribution in [3.05, 3.63) is 75.7 Å². The van der Waals surface area contributed by atoms with Gasteiger partial charge in [-0.3, -0.25) is 19.6 Å². The average Bonchev–Trinajstić information content (AvgIpc) is 3.22. The monoisotopic (exact) mass is 665 g/mol. The maximum atomic E-state index is 13.5. The lowest BCUT2D eigenvalue weighted by Gasteiger charge is -2.30. The number of hydrogen-bond acceptors (Lipinski definition) is 5. The molecule has 2 aromatic rings. The fourth-order valence-electron chi connectivity index (χ4n) is 8.23. The maximum Gasteiger partial charge on any atom is 0.222 e. The molecule has 3 unspecified atom stereocenters. The lowest BCUT2D eigenvalue weighted by Crippen LogP contribution is -2.27. The predicted molar refractivity (Wildman–Crippen MR) is 202 cm³/mol. The van der Waals surface area contributed by atoms with E-state index >= 15 is 0 Å². The largest absolute Gasteiger partial charge is 0.375 e. The SMILES string of the molecule is COC1C=NC=C(c2cc3c(c(CCCc4ccc(C5CCC(CCCCC(=O)N(C)C)CC5)c(C)c4)n2)C(=O)CCCC=C3)C(C)C1C. The molecule has 2 aliphatic carbocycles. The zero-order chi connectivity index (χ0) is 34.9. The Morgan fingerprint density at radius 2 is 1.82 bits per heavy atom. The van der Waals surface area contributed by atoms with Gasteiger partial charge in [-0.15, -0.1) is 0 Å². The number of Topliss-reactive ketones (excluding diaryl/α,β-unsaturated/α-hetero) is 1. The number of methoxy groups -OCH3 is 1. The van der Waals surface area contributed by atoms with Crippen LogP contribution in [-0.2, 0) is 22.4 Å². The van der Waals surface area contributed by atoms with Gasteiger partial charge in [0.05, 0.1) is 17.5 Å². The fourth-order valence-corrected chi connectivity index (χ4v) is 8.23. The molecule has 1 aliphatic heterocycles. The van der Waals surface area contributed by atoms with Gasteiger partial charge in [0, 0.05) is 52.0 Å². The molecule has 1 fully saturated rings. The molecule has 1 aromatic carbocycles. The van der Waals surface area contributed by atoms with Gasteiger partial charge in [-0.1, -0.05) is 57.0 Å². The van der Waals surface area contributed by atoms with Gasteiger partial charge in [-0.2, -0.15) is 0 Å². The van der Waals surface area contributed by atoms with Gasteiger partial charge in [-0.05, 0) is 129 Å². The van der Waals surface area contributed by atoms with E-state index in [4.69, 9.17) is 9.72 Å². The van der Waals surface area contributed by atoms with Gasteiger partial charge in [-0.25, -0.2) is 0 Å². The lowest BCUT2D eigenvalue weighted by molar-refractivity contribution is -0.128. The quantitative estimate of drug-likeness (QED) is 0.212. The van der Waals surface area contributed by atoms with Gasteiger partial charge in [0.2, 0.25) is 5.91 Å². The van der Waals surface area contributed by atoms with E-state index in [2.05, 4.69) is 62.2 Å². The summed E-state index contributed by atoms with van der Waals surface area (Å²) in [5.74, 6) is 2.38. The summed E-state index contributed by atoms with van der Waals surface area (Å²) in [4.78, 5) is 36.9. The number of fused-ring (bicyclic) bond motifs is 1. The van der Waals surface area contributed by atoms with Crippen LogP contribution in [0.1, 0.15) is 141 Å². The molecule has 0 N–H and O–H groups in total. The van der Waals surface area contributed by atoms with E-state index in [0.29, 0.717) is 18.8 Å². The Hall–Kier alpha value is -3.38. The van der Waals surface area contributed by atoms with E-state index in [0.717, 1.165) is 79.0 Å². The van der Waals surface area contributed by atoms with Crippen LogP contribution >= 0.6 is 0 Å². The molecule has 2 heterocycles. The van der Waals surface area contributed by atoms with Crippen molar-refractivity contribution in [2.75, 3.05) is 21.2 Å². The third-order valence-corrected chi connectivity index (χ3v) is 11.5. The Labute approximate surface area is 295 Å². The summed E-state index contributed by atoms with van der Waals surface area (Å²) in [6.07, 6.45) is 22.4. The first-order chi connectivity index (χ1) is 23.7. The van der Waals surface area contributed by atoms with Crippen LogP contribution in [-0.4, -0.2) is 55.1 Å².